The maximum absolute atomic E-state index is 6.25. The number of thiophene rings is 1. The molecule has 102 valence electrons. The number of nitrogens with two attached hydrogens (primary N) is 1. The highest BCUT2D eigenvalue weighted by Crippen LogP contribution is 2.43. The lowest BCUT2D eigenvalue weighted by molar-refractivity contribution is 0.177. The van der Waals surface area contributed by atoms with Crippen molar-refractivity contribution in [1.82, 2.24) is 5.43 Å². The number of hydrazine groups is 1. The first-order valence-electron chi connectivity index (χ1n) is 6.42. The zero-order valence-corrected chi connectivity index (χ0v) is 13.1. The molecule has 0 aromatic carbocycles. The van der Waals surface area contributed by atoms with E-state index in [-0.39, 0.29) is 6.04 Å². The van der Waals surface area contributed by atoms with Gasteiger partial charge in [0.2, 0.25) is 0 Å². The zero-order valence-electron chi connectivity index (χ0n) is 10.7. The van der Waals surface area contributed by atoms with Crippen LogP contribution in [0.4, 0.5) is 0 Å². The van der Waals surface area contributed by atoms with Gasteiger partial charge >= 0.3 is 0 Å². The van der Waals surface area contributed by atoms with E-state index in [1.54, 1.807) is 0 Å². The van der Waals surface area contributed by atoms with Crippen molar-refractivity contribution in [2.75, 3.05) is 0 Å². The molecule has 1 saturated carbocycles. The highest BCUT2D eigenvalue weighted by molar-refractivity contribution is 7.20. The SMILES string of the molecule is CC1CC(C)CC(C(NN)c2cc(Cl)sc2Cl)C1. The third-order valence-electron chi connectivity index (χ3n) is 3.88. The van der Waals surface area contributed by atoms with Gasteiger partial charge in [0, 0.05) is 5.56 Å². The molecule has 3 N–H and O–H groups in total. The monoisotopic (exact) mass is 306 g/mol. The molecule has 0 aliphatic heterocycles. The Morgan fingerprint density at radius 3 is 2.33 bits per heavy atom. The summed E-state index contributed by atoms with van der Waals surface area (Å²) in [5.41, 5.74) is 4.00. The summed E-state index contributed by atoms with van der Waals surface area (Å²) >= 11 is 13.7. The first-order chi connectivity index (χ1) is 8.51. The molecule has 0 radical (unpaired) electrons. The largest absolute Gasteiger partial charge is 0.271 e. The Kier molecular flexibility index (Phi) is 4.95. The fraction of sp³-hybridized carbons (Fsp3) is 0.692. The van der Waals surface area contributed by atoms with Gasteiger partial charge in [0.05, 0.1) is 14.7 Å². The molecule has 0 saturated heterocycles. The summed E-state index contributed by atoms with van der Waals surface area (Å²) in [6.07, 6.45) is 3.71. The molecule has 18 heavy (non-hydrogen) atoms. The quantitative estimate of drug-likeness (QED) is 0.631. The van der Waals surface area contributed by atoms with E-state index in [0.717, 1.165) is 26.1 Å². The summed E-state index contributed by atoms with van der Waals surface area (Å²) in [6.45, 7) is 4.64. The molecule has 1 fully saturated rings. The number of hydrogen-bond donors (Lipinski definition) is 2. The molecule has 3 unspecified atom stereocenters. The van der Waals surface area contributed by atoms with Gasteiger partial charge in [-0.05, 0) is 43.1 Å². The molecule has 2 rings (SSSR count). The van der Waals surface area contributed by atoms with E-state index >= 15 is 0 Å². The summed E-state index contributed by atoms with van der Waals surface area (Å²) < 4.78 is 1.49. The molecule has 5 heteroatoms. The highest BCUT2D eigenvalue weighted by atomic mass is 35.5. The van der Waals surface area contributed by atoms with Crippen molar-refractivity contribution in [3.63, 3.8) is 0 Å². The lowest BCUT2D eigenvalue weighted by atomic mass is 9.73. The van der Waals surface area contributed by atoms with Gasteiger partial charge in [-0.25, -0.2) is 0 Å². The predicted molar refractivity (Wildman–Crippen MR) is 80.1 cm³/mol. The number of nitrogens with one attached hydrogen (secondary N) is 1. The molecule has 0 amide bonds. The topological polar surface area (TPSA) is 38.0 Å². The maximum Gasteiger partial charge on any atom is 0.0992 e. The minimum atomic E-state index is 0.117. The van der Waals surface area contributed by atoms with Crippen molar-refractivity contribution in [3.8, 4) is 0 Å². The number of halogens is 2. The first kappa shape index (κ1) is 14.6. The Hall–Kier alpha value is 0.200. The molecule has 1 heterocycles. The molecular formula is C13H20Cl2N2S. The normalized spacial score (nSPS) is 30.4. The fourth-order valence-electron chi connectivity index (χ4n) is 3.33. The van der Waals surface area contributed by atoms with Crippen molar-refractivity contribution in [3.05, 3.63) is 20.3 Å². The van der Waals surface area contributed by atoms with Crippen molar-refractivity contribution in [2.45, 2.75) is 39.2 Å². The van der Waals surface area contributed by atoms with E-state index in [0.29, 0.717) is 5.92 Å². The second-order valence-electron chi connectivity index (χ2n) is 5.60. The standard InChI is InChI=1S/C13H20Cl2N2S/c1-7-3-8(2)5-9(4-7)12(17-16)10-6-11(14)18-13(10)15/h6-9,12,17H,3-5,16H2,1-2H3. The second-order valence-corrected chi connectivity index (χ2v) is 7.89. The van der Waals surface area contributed by atoms with Crippen LogP contribution in [-0.2, 0) is 0 Å². The van der Waals surface area contributed by atoms with E-state index in [1.807, 2.05) is 6.07 Å². The third kappa shape index (κ3) is 3.20. The molecule has 1 aromatic rings. The van der Waals surface area contributed by atoms with Gasteiger partial charge in [-0.1, -0.05) is 37.0 Å². The number of rotatable bonds is 3. The Labute approximate surface area is 123 Å². The van der Waals surface area contributed by atoms with Crippen molar-refractivity contribution in [1.29, 1.82) is 0 Å². The van der Waals surface area contributed by atoms with E-state index < -0.39 is 0 Å². The van der Waals surface area contributed by atoms with Gasteiger partial charge in [-0.3, -0.25) is 11.3 Å². The Balaban J connectivity index is 2.20. The van der Waals surface area contributed by atoms with Crippen LogP contribution in [0, 0.1) is 17.8 Å². The summed E-state index contributed by atoms with van der Waals surface area (Å²) in [5.74, 6) is 7.80. The van der Waals surface area contributed by atoms with Crippen LogP contribution >= 0.6 is 34.5 Å². The molecule has 0 spiro atoms. The van der Waals surface area contributed by atoms with Crippen molar-refractivity contribution < 1.29 is 0 Å². The van der Waals surface area contributed by atoms with Gasteiger partial charge in [0.25, 0.3) is 0 Å². The van der Waals surface area contributed by atoms with Gasteiger partial charge < -0.3 is 0 Å². The molecule has 1 aliphatic rings. The molecule has 3 atom stereocenters. The van der Waals surface area contributed by atoms with Crippen LogP contribution in [0.15, 0.2) is 6.07 Å². The fourth-order valence-corrected chi connectivity index (χ4v) is 4.88. The van der Waals surface area contributed by atoms with E-state index in [1.165, 1.54) is 30.6 Å². The average molecular weight is 307 g/mol. The van der Waals surface area contributed by atoms with Crippen LogP contribution in [-0.4, -0.2) is 0 Å². The summed E-state index contributed by atoms with van der Waals surface area (Å²) in [6, 6.07) is 2.06. The van der Waals surface area contributed by atoms with E-state index in [9.17, 15) is 0 Å². The van der Waals surface area contributed by atoms with Gasteiger partial charge in [-0.2, -0.15) is 0 Å². The smallest absolute Gasteiger partial charge is 0.0992 e. The van der Waals surface area contributed by atoms with Crippen LogP contribution in [0.25, 0.3) is 0 Å². The Morgan fingerprint density at radius 2 is 1.89 bits per heavy atom. The lowest BCUT2D eigenvalue weighted by Crippen LogP contribution is -2.36. The average Bonchev–Trinajstić information content (AvgIpc) is 2.58. The van der Waals surface area contributed by atoms with E-state index in [4.69, 9.17) is 29.0 Å². The van der Waals surface area contributed by atoms with Crippen LogP contribution in [0.2, 0.25) is 8.67 Å². The summed E-state index contributed by atoms with van der Waals surface area (Å²) in [7, 11) is 0. The minimum absolute atomic E-state index is 0.117. The van der Waals surface area contributed by atoms with Gasteiger partial charge in [0.1, 0.15) is 0 Å². The molecule has 1 aliphatic carbocycles. The predicted octanol–water partition coefficient (Wildman–Crippen LogP) is 4.63. The summed E-state index contributed by atoms with van der Waals surface area (Å²) in [4.78, 5) is 0. The van der Waals surface area contributed by atoms with Gasteiger partial charge in [-0.15, -0.1) is 11.3 Å². The Morgan fingerprint density at radius 1 is 1.28 bits per heavy atom. The van der Waals surface area contributed by atoms with Gasteiger partial charge in [0.15, 0.2) is 0 Å². The molecular weight excluding hydrogens is 287 g/mol. The second kappa shape index (κ2) is 6.10. The lowest BCUT2D eigenvalue weighted by Gasteiger charge is -2.36. The zero-order chi connectivity index (χ0) is 13.3. The van der Waals surface area contributed by atoms with Crippen molar-refractivity contribution >= 4 is 34.5 Å². The molecule has 1 aromatic heterocycles. The first-order valence-corrected chi connectivity index (χ1v) is 7.99. The van der Waals surface area contributed by atoms with E-state index in [2.05, 4.69) is 19.3 Å². The Bertz CT molecular complexity index is 398. The van der Waals surface area contributed by atoms with Crippen LogP contribution in [0.1, 0.15) is 44.7 Å². The van der Waals surface area contributed by atoms with Crippen molar-refractivity contribution in [2.24, 2.45) is 23.6 Å². The van der Waals surface area contributed by atoms with Crippen LogP contribution in [0.5, 0.6) is 0 Å². The highest BCUT2D eigenvalue weighted by Gasteiger charge is 2.32. The summed E-state index contributed by atoms with van der Waals surface area (Å²) in [5, 5.41) is 0. The van der Waals surface area contributed by atoms with Crippen LogP contribution < -0.4 is 11.3 Å². The minimum Gasteiger partial charge on any atom is -0.271 e. The number of hydrogen-bond acceptors (Lipinski definition) is 3. The maximum atomic E-state index is 6.25. The third-order valence-corrected chi connectivity index (χ3v) is 5.40. The molecule has 2 nitrogen and oxygen atoms in total. The molecule has 0 bridgehead atoms. The van der Waals surface area contributed by atoms with Crippen LogP contribution in [0.3, 0.4) is 0 Å².